The monoisotopic (exact) mass is 304 g/mol. The first-order valence-electron chi connectivity index (χ1n) is 7.49. The van der Waals surface area contributed by atoms with Gasteiger partial charge in [-0.3, -0.25) is 24.2 Å². The first-order valence-corrected chi connectivity index (χ1v) is 7.49. The average molecular weight is 304 g/mol. The van der Waals surface area contributed by atoms with Crippen molar-refractivity contribution in [3.8, 4) is 0 Å². The van der Waals surface area contributed by atoms with Gasteiger partial charge in [0.25, 0.3) is 0 Å². The maximum atomic E-state index is 12.0. The summed E-state index contributed by atoms with van der Waals surface area (Å²) < 4.78 is 2.18. The van der Waals surface area contributed by atoms with Crippen molar-refractivity contribution >= 4 is 17.7 Å². The third kappa shape index (κ3) is 2.89. The van der Waals surface area contributed by atoms with Crippen LogP contribution in [0.4, 0.5) is 0 Å². The number of carbonyl (C=O) groups excluding carboxylic acids is 3. The van der Waals surface area contributed by atoms with Crippen LogP contribution in [0, 0.1) is 0 Å². The minimum atomic E-state index is -0.282. The van der Waals surface area contributed by atoms with Gasteiger partial charge in [0.15, 0.2) is 0 Å². The molecule has 1 fully saturated rings. The molecule has 118 valence electrons. The van der Waals surface area contributed by atoms with Crippen molar-refractivity contribution in [2.45, 2.75) is 32.0 Å². The molecule has 7 heteroatoms. The summed E-state index contributed by atoms with van der Waals surface area (Å²) in [6.07, 6.45) is 2.47. The second-order valence-corrected chi connectivity index (χ2v) is 5.90. The summed E-state index contributed by atoms with van der Waals surface area (Å²) in [5.41, 5.74) is 1.26. The molecule has 0 bridgehead atoms. The molecule has 7 nitrogen and oxygen atoms in total. The molecular formula is C15H20N4O3. The summed E-state index contributed by atoms with van der Waals surface area (Å²) in [5.74, 6) is -0.797. The Kier molecular flexibility index (Phi) is 3.98. The highest BCUT2D eigenvalue weighted by molar-refractivity contribution is 6.04. The minimum absolute atomic E-state index is 0.164. The van der Waals surface area contributed by atoms with Crippen molar-refractivity contribution < 1.29 is 14.4 Å². The average Bonchev–Trinajstić information content (AvgIpc) is 3.05. The van der Waals surface area contributed by atoms with Crippen molar-refractivity contribution in [2.75, 3.05) is 20.1 Å². The van der Waals surface area contributed by atoms with Crippen molar-refractivity contribution in [1.82, 2.24) is 19.7 Å². The third-order valence-electron chi connectivity index (χ3n) is 4.36. The predicted molar refractivity (Wildman–Crippen MR) is 78.7 cm³/mol. The Morgan fingerprint density at radius 1 is 1.32 bits per heavy atom. The van der Waals surface area contributed by atoms with Gasteiger partial charge in [-0.1, -0.05) is 0 Å². The molecule has 3 amide bonds. The van der Waals surface area contributed by atoms with Gasteiger partial charge in [0.05, 0.1) is 0 Å². The number of hydrogen-bond acceptors (Lipinski definition) is 4. The van der Waals surface area contributed by atoms with E-state index >= 15 is 0 Å². The van der Waals surface area contributed by atoms with E-state index in [1.54, 1.807) is 0 Å². The van der Waals surface area contributed by atoms with Crippen LogP contribution in [0.1, 0.15) is 18.5 Å². The van der Waals surface area contributed by atoms with Gasteiger partial charge in [0, 0.05) is 50.4 Å². The Hall–Kier alpha value is -2.15. The molecule has 1 aromatic rings. The smallest absolute Gasteiger partial charge is 0.240 e. The molecule has 1 unspecified atom stereocenters. The van der Waals surface area contributed by atoms with Gasteiger partial charge in [-0.25, -0.2) is 0 Å². The molecule has 1 N–H and O–H groups in total. The molecule has 2 aliphatic rings. The van der Waals surface area contributed by atoms with E-state index in [9.17, 15) is 14.4 Å². The van der Waals surface area contributed by atoms with E-state index in [4.69, 9.17) is 0 Å². The number of rotatable bonds is 4. The lowest BCUT2D eigenvalue weighted by Crippen LogP contribution is -2.49. The Bertz CT molecular complexity index is 594. The zero-order valence-electron chi connectivity index (χ0n) is 12.6. The van der Waals surface area contributed by atoms with Crippen LogP contribution in [0.15, 0.2) is 18.3 Å². The van der Waals surface area contributed by atoms with Crippen LogP contribution in [0.2, 0.25) is 0 Å². The Labute approximate surface area is 128 Å². The quantitative estimate of drug-likeness (QED) is 0.766. The molecule has 3 rings (SSSR count). The largest absolute Gasteiger partial charge is 0.353 e. The van der Waals surface area contributed by atoms with Crippen molar-refractivity contribution in [2.24, 2.45) is 0 Å². The normalized spacial score (nSPS) is 22.0. The minimum Gasteiger partial charge on any atom is -0.353 e. The van der Waals surface area contributed by atoms with Gasteiger partial charge in [-0.2, -0.15) is 0 Å². The number of amides is 3. The standard InChI is InChI=1S/C15H20N4O3/c1-17-8-11-3-2-6-18(11)9-12(17)7-16-13(20)10-19-14(21)4-5-15(19)22/h2-3,6,12H,4-5,7-10H2,1H3,(H,16,20). The number of fused-ring (bicyclic) bond motifs is 1. The molecule has 2 aliphatic heterocycles. The molecule has 3 heterocycles. The summed E-state index contributed by atoms with van der Waals surface area (Å²) in [5, 5.41) is 2.83. The SMILES string of the molecule is CN1Cc2cccn2CC1CNC(=O)CN1C(=O)CCC1=O. The number of nitrogens with one attached hydrogen (secondary N) is 1. The van der Waals surface area contributed by atoms with Crippen LogP contribution < -0.4 is 5.32 Å². The molecule has 0 radical (unpaired) electrons. The van der Waals surface area contributed by atoms with Gasteiger partial charge in [0.1, 0.15) is 6.54 Å². The maximum Gasteiger partial charge on any atom is 0.240 e. The van der Waals surface area contributed by atoms with E-state index in [-0.39, 0.29) is 43.1 Å². The number of nitrogens with zero attached hydrogens (tertiary/aromatic N) is 3. The topological polar surface area (TPSA) is 74.7 Å². The van der Waals surface area contributed by atoms with Crippen LogP contribution in [0.5, 0.6) is 0 Å². The van der Waals surface area contributed by atoms with Crippen molar-refractivity contribution in [3.05, 3.63) is 24.0 Å². The van der Waals surface area contributed by atoms with E-state index in [0.29, 0.717) is 6.54 Å². The Morgan fingerprint density at radius 2 is 2.05 bits per heavy atom. The van der Waals surface area contributed by atoms with E-state index in [1.165, 1.54) is 5.69 Å². The Balaban J connectivity index is 1.51. The molecule has 0 aromatic carbocycles. The lowest BCUT2D eigenvalue weighted by atomic mass is 10.2. The lowest BCUT2D eigenvalue weighted by Gasteiger charge is -2.34. The maximum absolute atomic E-state index is 12.0. The van der Waals surface area contributed by atoms with Crippen molar-refractivity contribution in [1.29, 1.82) is 0 Å². The summed E-state index contributed by atoms with van der Waals surface area (Å²) in [4.78, 5) is 38.2. The van der Waals surface area contributed by atoms with Gasteiger partial charge in [0.2, 0.25) is 17.7 Å². The third-order valence-corrected chi connectivity index (χ3v) is 4.36. The first-order chi connectivity index (χ1) is 10.5. The number of likely N-dealkylation sites (tertiary alicyclic amines) is 1. The van der Waals surface area contributed by atoms with Gasteiger partial charge >= 0.3 is 0 Å². The van der Waals surface area contributed by atoms with E-state index in [1.807, 2.05) is 19.3 Å². The summed E-state index contributed by atoms with van der Waals surface area (Å²) in [7, 11) is 2.03. The van der Waals surface area contributed by atoms with Gasteiger partial charge < -0.3 is 9.88 Å². The molecule has 22 heavy (non-hydrogen) atoms. The lowest BCUT2D eigenvalue weighted by molar-refractivity contribution is -0.142. The van der Waals surface area contributed by atoms with Crippen LogP contribution in [-0.4, -0.2) is 58.3 Å². The highest BCUT2D eigenvalue weighted by Crippen LogP contribution is 2.16. The van der Waals surface area contributed by atoms with Gasteiger partial charge in [-0.05, 0) is 19.2 Å². The fourth-order valence-corrected chi connectivity index (χ4v) is 2.97. The number of aromatic nitrogens is 1. The molecule has 0 saturated carbocycles. The molecular weight excluding hydrogens is 284 g/mol. The van der Waals surface area contributed by atoms with Crippen LogP contribution in [-0.2, 0) is 27.5 Å². The van der Waals surface area contributed by atoms with Crippen LogP contribution >= 0.6 is 0 Å². The van der Waals surface area contributed by atoms with E-state index in [2.05, 4.69) is 20.9 Å². The van der Waals surface area contributed by atoms with E-state index < -0.39 is 0 Å². The molecule has 0 spiro atoms. The Morgan fingerprint density at radius 3 is 2.77 bits per heavy atom. The number of likely N-dealkylation sites (N-methyl/N-ethyl adjacent to an activating group) is 1. The number of carbonyl (C=O) groups is 3. The highest BCUT2D eigenvalue weighted by Gasteiger charge is 2.30. The second-order valence-electron chi connectivity index (χ2n) is 5.90. The fourth-order valence-electron chi connectivity index (χ4n) is 2.97. The van der Waals surface area contributed by atoms with Crippen molar-refractivity contribution in [3.63, 3.8) is 0 Å². The second kappa shape index (κ2) is 5.92. The summed E-state index contributed by atoms with van der Waals surface area (Å²) >= 11 is 0. The molecule has 1 aromatic heterocycles. The van der Waals surface area contributed by atoms with Crippen LogP contribution in [0.25, 0.3) is 0 Å². The number of hydrogen-bond donors (Lipinski definition) is 1. The first kappa shape index (κ1) is 14.8. The van der Waals surface area contributed by atoms with E-state index in [0.717, 1.165) is 18.0 Å². The fraction of sp³-hybridized carbons (Fsp3) is 0.533. The zero-order valence-corrected chi connectivity index (χ0v) is 12.6. The molecule has 0 aliphatic carbocycles. The van der Waals surface area contributed by atoms with Gasteiger partial charge in [-0.15, -0.1) is 0 Å². The van der Waals surface area contributed by atoms with Crippen LogP contribution in [0.3, 0.4) is 0 Å². The zero-order chi connectivity index (χ0) is 15.7. The number of imide groups is 1. The predicted octanol–water partition coefficient (Wildman–Crippen LogP) is -0.433. The molecule has 1 saturated heterocycles. The summed E-state index contributed by atoms with van der Waals surface area (Å²) in [6, 6.07) is 4.32. The molecule has 1 atom stereocenters. The summed E-state index contributed by atoms with van der Waals surface area (Å²) in [6.45, 7) is 2.00. The highest BCUT2D eigenvalue weighted by atomic mass is 16.2.